The molecule has 2 N–H and O–H groups in total. The number of halogens is 4. The number of carbonyl (C=O) groups is 4. The minimum absolute atomic E-state index is 0.0343. The molecule has 0 unspecified atom stereocenters. The summed E-state index contributed by atoms with van der Waals surface area (Å²) in [4.78, 5) is 50.4. The third kappa shape index (κ3) is 5.27. The van der Waals surface area contributed by atoms with E-state index in [9.17, 15) is 24.3 Å². The molecule has 1 heterocycles. The molecule has 9 nitrogen and oxygen atoms in total. The Morgan fingerprint density at radius 3 is 2.18 bits per heavy atom. The Morgan fingerprint density at radius 1 is 0.895 bits per heavy atom. The second-order valence-corrected chi connectivity index (χ2v) is 9.34. The number of amides is 3. The highest BCUT2D eigenvalue weighted by Crippen LogP contribution is 2.36. The van der Waals surface area contributed by atoms with Gasteiger partial charge in [0, 0.05) is 27.9 Å². The number of imide groups is 1. The van der Waals surface area contributed by atoms with Crippen molar-refractivity contribution in [3.8, 4) is 5.75 Å². The zero-order chi connectivity index (χ0) is 27.7. The molecular formula is C25H14Cl4N3O6-. The molecule has 38 heavy (non-hydrogen) atoms. The van der Waals surface area contributed by atoms with E-state index in [1.54, 1.807) is 0 Å². The molecule has 0 radical (unpaired) electrons. The van der Waals surface area contributed by atoms with Crippen LogP contribution in [0.2, 0.25) is 15.1 Å². The van der Waals surface area contributed by atoms with E-state index in [4.69, 9.17) is 51.1 Å². The first kappa shape index (κ1) is 27.3. The molecule has 1 aliphatic heterocycles. The van der Waals surface area contributed by atoms with Crippen LogP contribution in [0.1, 0.15) is 20.7 Å². The lowest BCUT2D eigenvalue weighted by Gasteiger charge is -2.16. The molecule has 0 spiro atoms. The van der Waals surface area contributed by atoms with Crippen molar-refractivity contribution in [2.75, 3.05) is 22.6 Å². The third-order valence-corrected chi connectivity index (χ3v) is 6.55. The van der Waals surface area contributed by atoms with Crippen molar-refractivity contribution in [2.45, 2.75) is 0 Å². The lowest BCUT2D eigenvalue weighted by Crippen LogP contribution is -2.32. The molecule has 0 aromatic heterocycles. The highest BCUT2D eigenvalue weighted by molar-refractivity contribution is 6.54. The summed E-state index contributed by atoms with van der Waals surface area (Å²) < 4.78 is 5.02. The maximum absolute atomic E-state index is 13.0. The summed E-state index contributed by atoms with van der Waals surface area (Å²) in [6.07, 6.45) is 0. The molecule has 0 aliphatic carbocycles. The zero-order valence-electron chi connectivity index (χ0n) is 19.1. The van der Waals surface area contributed by atoms with Gasteiger partial charge in [0.2, 0.25) is 0 Å². The highest BCUT2D eigenvalue weighted by Gasteiger charge is 2.39. The Labute approximate surface area is 235 Å². The number of aromatic carboxylic acids is 1. The van der Waals surface area contributed by atoms with Crippen molar-refractivity contribution in [1.82, 2.24) is 0 Å². The second-order valence-electron chi connectivity index (χ2n) is 7.71. The van der Waals surface area contributed by atoms with E-state index >= 15 is 0 Å². The van der Waals surface area contributed by atoms with Crippen LogP contribution in [0.5, 0.6) is 5.75 Å². The normalized spacial score (nSPS) is 13.1. The number of carboxylic acids is 1. The Morgan fingerprint density at radius 2 is 1.58 bits per heavy atom. The van der Waals surface area contributed by atoms with Crippen molar-refractivity contribution in [3.05, 3.63) is 91.5 Å². The first-order chi connectivity index (χ1) is 18.0. The molecule has 0 atom stereocenters. The van der Waals surface area contributed by atoms with Crippen LogP contribution in [0.3, 0.4) is 0 Å². The van der Waals surface area contributed by atoms with Gasteiger partial charge in [-0.1, -0.05) is 46.4 Å². The molecule has 3 aromatic rings. The minimum atomic E-state index is -1.48. The summed E-state index contributed by atoms with van der Waals surface area (Å²) in [5.41, 5.74) is 0.364. The topological polar surface area (TPSA) is 128 Å². The molecular weight excluding hydrogens is 580 g/mol. The van der Waals surface area contributed by atoms with Crippen molar-refractivity contribution < 1.29 is 29.0 Å². The SMILES string of the molecule is COc1cc(NC(=O)c2ccc(NC3=C(Cl)C(=O)N(c4ccc(Cl)cc4Cl)C3=O)cc2)c(Cl)cc1C(=O)[O-]. The Hall–Kier alpha value is -3.76. The van der Waals surface area contributed by atoms with Crippen LogP contribution in [-0.2, 0) is 9.59 Å². The molecule has 3 aromatic carbocycles. The third-order valence-electron chi connectivity index (χ3n) is 5.35. The van der Waals surface area contributed by atoms with Gasteiger partial charge < -0.3 is 25.3 Å². The van der Waals surface area contributed by atoms with Gasteiger partial charge in [-0.15, -0.1) is 0 Å². The summed E-state index contributed by atoms with van der Waals surface area (Å²) in [7, 11) is 1.26. The minimum Gasteiger partial charge on any atom is -0.545 e. The van der Waals surface area contributed by atoms with Gasteiger partial charge in [-0.25, -0.2) is 4.90 Å². The van der Waals surface area contributed by atoms with Gasteiger partial charge in [-0.3, -0.25) is 14.4 Å². The van der Waals surface area contributed by atoms with Gasteiger partial charge >= 0.3 is 0 Å². The number of carboxylic acid groups (broad SMARTS) is 1. The fourth-order valence-corrected chi connectivity index (χ4v) is 4.43. The largest absolute Gasteiger partial charge is 0.545 e. The number of hydrogen-bond donors (Lipinski definition) is 2. The van der Waals surface area contributed by atoms with Crippen molar-refractivity contribution in [3.63, 3.8) is 0 Å². The van der Waals surface area contributed by atoms with Crippen LogP contribution < -0.4 is 25.4 Å². The van der Waals surface area contributed by atoms with Crippen LogP contribution in [-0.4, -0.2) is 30.8 Å². The number of anilines is 3. The maximum Gasteiger partial charge on any atom is 0.283 e. The number of methoxy groups -OCH3 is 1. The van der Waals surface area contributed by atoms with Gasteiger partial charge in [-0.2, -0.15) is 0 Å². The van der Waals surface area contributed by atoms with Gasteiger partial charge in [0.15, 0.2) is 0 Å². The fourth-order valence-electron chi connectivity index (χ4n) is 3.51. The van der Waals surface area contributed by atoms with Crippen molar-refractivity contribution in [1.29, 1.82) is 0 Å². The standard InChI is InChI=1S/C25H15Cl4N3O6/c1-38-19-10-17(15(27)9-14(19)25(36)37)31-22(33)11-2-5-13(6-3-11)30-21-20(29)23(34)32(24(21)35)18-7-4-12(26)8-16(18)28/h2-10,30H,1H3,(H,31,33)(H,36,37)/p-1. The predicted molar refractivity (Wildman–Crippen MR) is 142 cm³/mol. The van der Waals surface area contributed by atoms with E-state index in [0.29, 0.717) is 10.7 Å². The van der Waals surface area contributed by atoms with Crippen molar-refractivity contribution in [2.24, 2.45) is 0 Å². The molecule has 0 saturated carbocycles. The fraction of sp³-hybridized carbons (Fsp3) is 0.0400. The average molecular weight is 594 g/mol. The second kappa shape index (κ2) is 10.9. The summed E-state index contributed by atoms with van der Waals surface area (Å²) in [6, 6.07) is 12.5. The summed E-state index contributed by atoms with van der Waals surface area (Å²) >= 11 is 24.3. The quantitative estimate of drug-likeness (QED) is 0.380. The zero-order valence-corrected chi connectivity index (χ0v) is 22.1. The van der Waals surface area contributed by atoms with Crippen molar-refractivity contribution >= 4 is 87.2 Å². The first-order valence-electron chi connectivity index (χ1n) is 10.5. The maximum atomic E-state index is 13.0. The molecule has 194 valence electrons. The Kier molecular flexibility index (Phi) is 7.84. The summed E-state index contributed by atoms with van der Waals surface area (Å²) in [5.74, 6) is -3.58. The number of rotatable bonds is 7. The van der Waals surface area contributed by atoms with E-state index < -0.39 is 23.7 Å². The number of benzene rings is 3. The molecule has 13 heteroatoms. The highest BCUT2D eigenvalue weighted by atomic mass is 35.5. The summed E-state index contributed by atoms with van der Waals surface area (Å²) in [6.45, 7) is 0. The molecule has 0 fully saturated rings. The van der Waals surface area contributed by atoms with Crippen LogP contribution >= 0.6 is 46.4 Å². The first-order valence-corrected chi connectivity index (χ1v) is 12.0. The lowest BCUT2D eigenvalue weighted by atomic mass is 10.1. The van der Waals surface area contributed by atoms with Crippen LogP contribution in [0.4, 0.5) is 17.1 Å². The van der Waals surface area contributed by atoms with E-state index in [-0.39, 0.29) is 49.0 Å². The number of nitrogens with one attached hydrogen (secondary N) is 2. The molecule has 1 aliphatic rings. The van der Waals surface area contributed by atoms with Gasteiger partial charge in [0.25, 0.3) is 17.7 Å². The van der Waals surface area contributed by atoms with E-state index in [2.05, 4.69) is 10.6 Å². The van der Waals surface area contributed by atoms with Gasteiger partial charge in [-0.05, 0) is 48.5 Å². The Balaban J connectivity index is 1.50. The molecule has 3 amide bonds. The Bertz CT molecular complexity index is 1540. The lowest BCUT2D eigenvalue weighted by molar-refractivity contribution is -0.255. The van der Waals surface area contributed by atoms with Crippen LogP contribution in [0.15, 0.2) is 65.3 Å². The number of carbonyl (C=O) groups excluding carboxylic acids is 4. The summed E-state index contributed by atoms with van der Waals surface area (Å²) in [5, 5.41) is 16.6. The monoisotopic (exact) mass is 592 g/mol. The van der Waals surface area contributed by atoms with E-state index in [0.717, 1.165) is 11.0 Å². The van der Waals surface area contributed by atoms with Crippen LogP contribution in [0, 0.1) is 0 Å². The predicted octanol–water partition coefficient (Wildman–Crippen LogP) is 4.71. The van der Waals surface area contributed by atoms with Crippen LogP contribution in [0.25, 0.3) is 0 Å². The smallest absolute Gasteiger partial charge is 0.283 e. The van der Waals surface area contributed by atoms with Gasteiger partial charge in [0.1, 0.15) is 16.5 Å². The molecule has 0 bridgehead atoms. The van der Waals surface area contributed by atoms with E-state index in [1.807, 2.05) is 0 Å². The molecule has 4 rings (SSSR count). The average Bonchev–Trinajstić information content (AvgIpc) is 3.08. The van der Waals surface area contributed by atoms with Gasteiger partial charge in [0.05, 0.1) is 34.5 Å². The number of nitrogens with zero attached hydrogens (tertiary/aromatic N) is 1. The molecule has 0 saturated heterocycles. The number of ether oxygens (including phenoxy) is 1. The number of hydrogen-bond acceptors (Lipinski definition) is 7. The van der Waals surface area contributed by atoms with E-state index in [1.165, 1.54) is 55.6 Å².